The van der Waals surface area contributed by atoms with Crippen LogP contribution in [0.5, 0.6) is 11.5 Å². The summed E-state index contributed by atoms with van der Waals surface area (Å²) in [6.45, 7) is 12.5. The van der Waals surface area contributed by atoms with E-state index < -0.39 is 8.32 Å². The first-order valence-corrected chi connectivity index (χ1v) is 13.5. The smallest absolute Gasteiger partial charge is 0.344 e. The van der Waals surface area contributed by atoms with Crippen molar-refractivity contribution in [1.82, 2.24) is 0 Å². The lowest BCUT2D eigenvalue weighted by Gasteiger charge is -2.36. The minimum Gasteiger partial charge on any atom is -0.543 e. The fourth-order valence-corrected chi connectivity index (χ4v) is 4.53. The van der Waals surface area contributed by atoms with E-state index in [1.807, 2.05) is 30.3 Å². The molecular weight excluding hydrogens is 396 g/mol. The highest BCUT2D eigenvalue weighted by Gasteiger charge is 2.39. The van der Waals surface area contributed by atoms with Crippen molar-refractivity contribution in [3.63, 3.8) is 0 Å². The zero-order chi connectivity index (χ0) is 21.5. The number of hydrogen-bond donors (Lipinski definition) is 0. The maximum absolute atomic E-state index is 12.7. The summed E-state index contributed by atoms with van der Waals surface area (Å²) in [5, 5.41) is 2.24. The summed E-state index contributed by atoms with van der Waals surface area (Å²) in [7, 11) is -2.06. The summed E-state index contributed by atoms with van der Waals surface area (Å²) in [6, 6.07) is 11.3. The van der Waals surface area contributed by atoms with Crippen LogP contribution in [0.25, 0.3) is 21.7 Å². The average Bonchev–Trinajstić information content (AvgIpc) is 2.68. The van der Waals surface area contributed by atoms with Crippen molar-refractivity contribution < 1.29 is 18.3 Å². The Hall–Kier alpha value is -2.31. The second kappa shape index (κ2) is 7.74. The topological polar surface area (TPSA) is 57.9 Å². The average molecular weight is 427 g/mol. The van der Waals surface area contributed by atoms with E-state index in [4.69, 9.17) is 18.3 Å². The number of ether oxygens (including phenoxy) is 2. The van der Waals surface area contributed by atoms with E-state index in [1.165, 1.54) is 0 Å². The molecule has 0 unspecified atom stereocenters. The van der Waals surface area contributed by atoms with Crippen LogP contribution in [-0.4, -0.2) is 27.6 Å². The lowest BCUT2D eigenvalue weighted by atomic mass is 10.1. The highest BCUT2D eigenvalue weighted by Crippen LogP contribution is 2.40. The van der Waals surface area contributed by atoms with Gasteiger partial charge in [-0.15, -0.1) is 0 Å². The van der Waals surface area contributed by atoms with Crippen molar-refractivity contribution in [2.45, 2.75) is 57.8 Å². The summed E-state index contributed by atoms with van der Waals surface area (Å²) in [6.07, 6.45) is 1.82. The zero-order valence-corrected chi connectivity index (χ0v) is 19.4. The molecule has 0 N–H and O–H groups in total. The van der Waals surface area contributed by atoms with Gasteiger partial charge in [0.15, 0.2) is 0 Å². The van der Waals surface area contributed by atoms with E-state index in [9.17, 15) is 4.79 Å². The first-order valence-electron chi connectivity index (χ1n) is 10.6. The fraction of sp³-hybridized carbons (Fsp3) is 0.458. The quantitative estimate of drug-likeness (QED) is 0.296. The van der Waals surface area contributed by atoms with Crippen LogP contribution in [0, 0.1) is 0 Å². The molecule has 1 aliphatic heterocycles. The molecule has 1 aliphatic rings. The lowest BCUT2D eigenvalue weighted by Crippen LogP contribution is -2.43. The molecule has 1 fully saturated rings. The molecule has 4 rings (SSSR count). The van der Waals surface area contributed by atoms with Crippen LogP contribution < -0.4 is 14.8 Å². The predicted molar refractivity (Wildman–Crippen MR) is 122 cm³/mol. The van der Waals surface area contributed by atoms with Gasteiger partial charge in [-0.2, -0.15) is 0 Å². The number of hydrogen-bond acceptors (Lipinski definition) is 5. The van der Waals surface area contributed by atoms with E-state index in [2.05, 4.69) is 33.9 Å². The largest absolute Gasteiger partial charge is 0.543 e. The van der Waals surface area contributed by atoms with Crippen LogP contribution in [0.3, 0.4) is 0 Å². The van der Waals surface area contributed by atoms with Gasteiger partial charge < -0.3 is 18.3 Å². The lowest BCUT2D eigenvalue weighted by molar-refractivity contribution is 0.0256. The van der Waals surface area contributed by atoms with Crippen molar-refractivity contribution >= 4 is 30.1 Å². The van der Waals surface area contributed by atoms with E-state index in [-0.39, 0.29) is 16.8 Å². The van der Waals surface area contributed by atoms with Gasteiger partial charge in [0.1, 0.15) is 23.2 Å². The summed E-state index contributed by atoms with van der Waals surface area (Å²) in [5.74, 6) is 1.45. The van der Waals surface area contributed by atoms with Crippen molar-refractivity contribution in [2.75, 3.05) is 13.2 Å². The monoisotopic (exact) mass is 426 g/mol. The van der Waals surface area contributed by atoms with Gasteiger partial charge in [0.25, 0.3) is 8.32 Å². The molecule has 2 aromatic carbocycles. The molecule has 0 amide bonds. The molecule has 0 radical (unpaired) electrons. The van der Waals surface area contributed by atoms with E-state index in [0.717, 1.165) is 29.4 Å². The third-order valence-electron chi connectivity index (χ3n) is 6.31. The molecular formula is C24H30O5Si. The Bertz CT molecular complexity index is 1120. The number of rotatable bonds is 4. The SMILES string of the molecule is CC(C)(C)[Si](C)(C)Oc1cccc2oc(=O)c3cc(OC4CCOCC4)ccc3c12. The van der Waals surface area contributed by atoms with Gasteiger partial charge in [-0.1, -0.05) is 26.8 Å². The summed E-state index contributed by atoms with van der Waals surface area (Å²) >= 11 is 0. The molecule has 6 heteroatoms. The van der Waals surface area contributed by atoms with Crippen molar-refractivity contribution in [2.24, 2.45) is 0 Å². The molecule has 3 aromatic rings. The second-order valence-electron chi connectivity index (χ2n) is 9.52. The highest BCUT2D eigenvalue weighted by atomic mass is 28.4. The van der Waals surface area contributed by atoms with Gasteiger partial charge >= 0.3 is 5.63 Å². The minimum atomic E-state index is -2.06. The van der Waals surface area contributed by atoms with Gasteiger partial charge in [0, 0.05) is 18.2 Å². The summed E-state index contributed by atoms with van der Waals surface area (Å²) in [5.41, 5.74) is 0.182. The zero-order valence-electron chi connectivity index (χ0n) is 18.4. The van der Waals surface area contributed by atoms with Gasteiger partial charge in [-0.3, -0.25) is 0 Å². The van der Waals surface area contributed by atoms with E-state index >= 15 is 0 Å². The molecule has 0 aliphatic carbocycles. The summed E-state index contributed by atoms with van der Waals surface area (Å²) in [4.78, 5) is 12.7. The number of fused-ring (bicyclic) bond motifs is 3. The Morgan fingerprint density at radius 3 is 2.47 bits per heavy atom. The summed E-state index contributed by atoms with van der Waals surface area (Å²) < 4.78 is 23.8. The van der Waals surface area contributed by atoms with Crippen LogP contribution in [-0.2, 0) is 4.74 Å². The van der Waals surface area contributed by atoms with Crippen molar-refractivity contribution in [3.05, 3.63) is 46.8 Å². The Kier molecular flexibility index (Phi) is 5.40. The van der Waals surface area contributed by atoms with Crippen LogP contribution >= 0.6 is 0 Å². The molecule has 0 bridgehead atoms. The maximum atomic E-state index is 12.7. The molecule has 2 heterocycles. The van der Waals surface area contributed by atoms with Crippen molar-refractivity contribution in [3.8, 4) is 11.5 Å². The Morgan fingerprint density at radius 2 is 1.77 bits per heavy atom. The van der Waals surface area contributed by atoms with Crippen LogP contribution in [0.4, 0.5) is 0 Å². The Morgan fingerprint density at radius 1 is 1.03 bits per heavy atom. The molecule has 30 heavy (non-hydrogen) atoms. The molecule has 5 nitrogen and oxygen atoms in total. The van der Waals surface area contributed by atoms with Crippen molar-refractivity contribution in [1.29, 1.82) is 0 Å². The maximum Gasteiger partial charge on any atom is 0.344 e. The highest BCUT2D eigenvalue weighted by molar-refractivity contribution is 6.74. The molecule has 0 spiro atoms. The standard InChI is InChI=1S/C24H30O5Si/c1-24(2,3)30(4,5)29-21-8-6-7-20-22(21)18-10-9-17(15-19(18)23(25)28-20)27-16-11-13-26-14-12-16/h6-10,15-16H,11-14H2,1-5H3. The van der Waals surface area contributed by atoms with Crippen LogP contribution in [0.15, 0.2) is 45.6 Å². The normalized spacial score (nSPS) is 16.2. The molecule has 1 saturated heterocycles. The fourth-order valence-electron chi connectivity index (χ4n) is 3.50. The Labute approximate surface area is 178 Å². The third-order valence-corrected chi connectivity index (χ3v) is 10.7. The Balaban J connectivity index is 1.80. The first-order chi connectivity index (χ1) is 14.2. The molecule has 0 atom stereocenters. The first kappa shape index (κ1) is 20.9. The third kappa shape index (κ3) is 3.98. The van der Waals surface area contributed by atoms with Gasteiger partial charge in [0.2, 0.25) is 0 Å². The predicted octanol–water partition coefficient (Wildman–Crippen LogP) is 5.89. The molecule has 1 aromatic heterocycles. The number of benzene rings is 2. The van der Waals surface area contributed by atoms with E-state index in [0.29, 0.717) is 29.9 Å². The van der Waals surface area contributed by atoms with Gasteiger partial charge in [-0.05, 0) is 48.5 Å². The van der Waals surface area contributed by atoms with Gasteiger partial charge in [-0.25, -0.2) is 4.79 Å². The van der Waals surface area contributed by atoms with Crippen LogP contribution in [0.2, 0.25) is 18.1 Å². The molecule has 160 valence electrons. The minimum absolute atomic E-state index is 0.0608. The van der Waals surface area contributed by atoms with Crippen LogP contribution in [0.1, 0.15) is 33.6 Å². The van der Waals surface area contributed by atoms with Gasteiger partial charge in [0.05, 0.1) is 24.0 Å². The van der Waals surface area contributed by atoms with E-state index in [1.54, 1.807) is 6.07 Å². The molecule has 0 saturated carbocycles. The second-order valence-corrected chi connectivity index (χ2v) is 14.2.